The second-order valence-electron chi connectivity index (χ2n) is 5.31. The monoisotopic (exact) mass is 282 g/mol. The van der Waals surface area contributed by atoms with Crippen LogP contribution in [0.25, 0.3) is 6.08 Å². The lowest BCUT2D eigenvalue weighted by molar-refractivity contribution is 0.0529. The van der Waals surface area contributed by atoms with Crippen LogP contribution in [0.15, 0.2) is 6.08 Å². The predicted molar refractivity (Wildman–Crippen MR) is 79.5 cm³/mol. The average molecular weight is 282 g/mol. The summed E-state index contributed by atoms with van der Waals surface area (Å²) in [6.07, 6.45) is 4.38. The van der Waals surface area contributed by atoms with Gasteiger partial charge in [-0.3, -0.25) is 0 Å². The lowest BCUT2D eigenvalue weighted by atomic mass is 10.2. The van der Waals surface area contributed by atoms with E-state index in [1.54, 1.807) is 11.3 Å². The van der Waals surface area contributed by atoms with Gasteiger partial charge in [-0.1, -0.05) is 6.08 Å². The van der Waals surface area contributed by atoms with E-state index in [-0.39, 0.29) is 6.09 Å². The number of thiazole rings is 1. The first kappa shape index (κ1) is 15.7. The standard InChI is InChI=1S/C14H22N2O2S/c1-10-11(2)19-12(16-10)8-6-7-9-15-13(17)18-14(3,4)5/h6,8H,7,9H2,1-5H3,(H,15,17). The maximum Gasteiger partial charge on any atom is 0.407 e. The van der Waals surface area contributed by atoms with Gasteiger partial charge in [-0.05, 0) is 47.1 Å². The molecule has 4 nitrogen and oxygen atoms in total. The summed E-state index contributed by atoms with van der Waals surface area (Å²) in [4.78, 5) is 17.0. The minimum atomic E-state index is -0.449. The Morgan fingerprint density at radius 1 is 1.42 bits per heavy atom. The summed E-state index contributed by atoms with van der Waals surface area (Å²) < 4.78 is 5.14. The van der Waals surface area contributed by atoms with Gasteiger partial charge in [-0.15, -0.1) is 11.3 Å². The number of hydrogen-bond donors (Lipinski definition) is 1. The van der Waals surface area contributed by atoms with Crippen LogP contribution in [0.4, 0.5) is 4.79 Å². The zero-order valence-corrected chi connectivity index (χ0v) is 13.1. The summed E-state index contributed by atoms with van der Waals surface area (Å²) in [6, 6.07) is 0. The Labute approximate surface area is 118 Å². The second-order valence-corrected chi connectivity index (χ2v) is 6.55. The molecule has 1 rings (SSSR count). The van der Waals surface area contributed by atoms with E-state index < -0.39 is 5.60 Å². The van der Waals surface area contributed by atoms with Crippen LogP contribution in [0.1, 0.15) is 42.8 Å². The SMILES string of the molecule is Cc1nc(C=CCCNC(=O)OC(C)(C)C)sc1C. The number of carbonyl (C=O) groups excluding carboxylic acids is 1. The van der Waals surface area contributed by atoms with Crippen molar-refractivity contribution < 1.29 is 9.53 Å². The van der Waals surface area contributed by atoms with Crippen LogP contribution in [0, 0.1) is 13.8 Å². The third kappa shape index (κ3) is 6.38. The van der Waals surface area contributed by atoms with Gasteiger partial charge in [0.05, 0.1) is 5.69 Å². The van der Waals surface area contributed by atoms with Crippen molar-refractivity contribution in [2.75, 3.05) is 6.54 Å². The van der Waals surface area contributed by atoms with Crippen molar-refractivity contribution in [1.29, 1.82) is 0 Å². The topological polar surface area (TPSA) is 51.2 Å². The first-order valence-electron chi connectivity index (χ1n) is 6.35. The molecule has 5 heteroatoms. The van der Waals surface area contributed by atoms with Gasteiger partial charge < -0.3 is 10.1 Å². The number of aryl methyl sites for hydroxylation is 2. The Morgan fingerprint density at radius 3 is 2.63 bits per heavy atom. The number of alkyl carbamates (subject to hydrolysis) is 1. The fourth-order valence-corrected chi connectivity index (χ4v) is 2.18. The van der Waals surface area contributed by atoms with E-state index in [1.165, 1.54) is 4.88 Å². The van der Waals surface area contributed by atoms with Crippen molar-refractivity contribution >= 4 is 23.5 Å². The second kappa shape index (κ2) is 6.70. The number of ether oxygens (including phenoxy) is 1. The van der Waals surface area contributed by atoms with Gasteiger partial charge >= 0.3 is 6.09 Å². The third-order valence-corrected chi connectivity index (χ3v) is 3.32. The molecule has 106 valence electrons. The molecule has 0 radical (unpaired) electrons. The van der Waals surface area contributed by atoms with E-state index in [2.05, 4.69) is 17.2 Å². The molecule has 0 spiro atoms. The zero-order valence-electron chi connectivity index (χ0n) is 12.2. The van der Waals surface area contributed by atoms with Crippen LogP contribution in [0.3, 0.4) is 0 Å². The van der Waals surface area contributed by atoms with Gasteiger partial charge in [-0.25, -0.2) is 9.78 Å². The number of carbonyl (C=O) groups is 1. The summed E-state index contributed by atoms with van der Waals surface area (Å²) in [5.74, 6) is 0. The van der Waals surface area contributed by atoms with Crippen molar-refractivity contribution in [2.45, 2.75) is 46.6 Å². The molecule has 1 N–H and O–H groups in total. The molecule has 1 aromatic rings. The van der Waals surface area contributed by atoms with Crippen molar-refractivity contribution in [3.63, 3.8) is 0 Å². The first-order valence-corrected chi connectivity index (χ1v) is 7.17. The van der Waals surface area contributed by atoms with Crippen LogP contribution in [0.5, 0.6) is 0 Å². The highest BCUT2D eigenvalue weighted by atomic mass is 32.1. The first-order chi connectivity index (χ1) is 8.78. The number of rotatable bonds is 4. The molecule has 0 saturated carbocycles. The van der Waals surface area contributed by atoms with Crippen molar-refractivity contribution in [3.8, 4) is 0 Å². The summed E-state index contributed by atoms with van der Waals surface area (Å²) >= 11 is 1.68. The fourth-order valence-electron chi connectivity index (χ4n) is 1.32. The fraction of sp³-hybridized carbons (Fsp3) is 0.571. The maximum absolute atomic E-state index is 11.4. The Bertz CT molecular complexity index is 439. The minimum absolute atomic E-state index is 0.373. The summed E-state index contributed by atoms with van der Waals surface area (Å²) in [7, 11) is 0. The summed E-state index contributed by atoms with van der Waals surface area (Å²) in [5, 5.41) is 3.72. The molecule has 0 aliphatic rings. The lowest BCUT2D eigenvalue weighted by Gasteiger charge is -2.19. The Balaban J connectivity index is 2.26. The van der Waals surface area contributed by atoms with Crippen molar-refractivity contribution in [3.05, 3.63) is 21.7 Å². The molecule has 1 heterocycles. The molecule has 0 aliphatic heterocycles. The molecule has 0 aromatic carbocycles. The number of hydrogen-bond acceptors (Lipinski definition) is 4. The molecule has 0 unspecified atom stereocenters. The van der Waals surface area contributed by atoms with E-state index in [9.17, 15) is 4.79 Å². The molecular formula is C14H22N2O2S. The third-order valence-electron chi connectivity index (χ3n) is 2.28. The highest BCUT2D eigenvalue weighted by molar-refractivity contribution is 7.12. The van der Waals surface area contributed by atoms with Crippen LogP contribution in [0.2, 0.25) is 0 Å². The van der Waals surface area contributed by atoms with Gasteiger partial charge in [0.25, 0.3) is 0 Å². The van der Waals surface area contributed by atoms with E-state index in [0.29, 0.717) is 6.54 Å². The van der Waals surface area contributed by atoms with Gasteiger partial charge in [0.15, 0.2) is 0 Å². The molecule has 1 aromatic heterocycles. The van der Waals surface area contributed by atoms with Crippen LogP contribution < -0.4 is 5.32 Å². The summed E-state index contributed by atoms with van der Waals surface area (Å²) in [5.41, 5.74) is 0.632. The van der Waals surface area contributed by atoms with Crippen molar-refractivity contribution in [2.24, 2.45) is 0 Å². The average Bonchev–Trinajstić information content (AvgIpc) is 2.55. The van der Waals surface area contributed by atoms with Crippen LogP contribution >= 0.6 is 11.3 Å². The molecule has 1 amide bonds. The molecule has 0 fully saturated rings. The largest absolute Gasteiger partial charge is 0.444 e. The molecule has 0 saturated heterocycles. The highest BCUT2D eigenvalue weighted by Crippen LogP contribution is 2.17. The Kier molecular flexibility index (Phi) is 5.54. The number of nitrogens with zero attached hydrogens (tertiary/aromatic N) is 1. The normalized spacial score (nSPS) is 11.8. The van der Waals surface area contributed by atoms with Gasteiger partial charge in [0.2, 0.25) is 0 Å². The van der Waals surface area contributed by atoms with Gasteiger partial charge in [-0.2, -0.15) is 0 Å². The van der Waals surface area contributed by atoms with E-state index in [1.807, 2.05) is 39.8 Å². The number of aromatic nitrogens is 1. The minimum Gasteiger partial charge on any atom is -0.444 e. The number of nitrogens with one attached hydrogen (secondary N) is 1. The van der Waals surface area contributed by atoms with E-state index in [0.717, 1.165) is 17.1 Å². The number of amides is 1. The van der Waals surface area contributed by atoms with Crippen molar-refractivity contribution in [1.82, 2.24) is 10.3 Å². The quantitative estimate of drug-likeness (QED) is 0.857. The zero-order chi connectivity index (χ0) is 14.5. The summed E-state index contributed by atoms with van der Waals surface area (Å²) in [6.45, 7) is 10.2. The molecule has 0 bridgehead atoms. The molecule has 19 heavy (non-hydrogen) atoms. The highest BCUT2D eigenvalue weighted by Gasteiger charge is 2.15. The van der Waals surface area contributed by atoms with E-state index in [4.69, 9.17) is 4.74 Å². The molecule has 0 aliphatic carbocycles. The Hall–Kier alpha value is -1.36. The lowest BCUT2D eigenvalue weighted by Crippen LogP contribution is -2.32. The van der Waals surface area contributed by atoms with Crippen LogP contribution in [-0.2, 0) is 4.74 Å². The van der Waals surface area contributed by atoms with Gasteiger partial charge in [0.1, 0.15) is 10.6 Å². The molecule has 0 atom stereocenters. The van der Waals surface area contributed by atoms with Crippen LogP contribution in [-0.4, -0.2) is 23.2 Å². The molecular weight excluding hydrogens is 260 g/mol. The predicted octanol–water partition coefficient (Wildman–Crippen LogP) is 3.69. The maximum atomic E-state index is 11.4. The smallest absolute Gasteiger partial charge is 0.407 e. The van der Waals surface area contributed by atoms with E-state index >= 15 is 0 Å². The Morgan fingerprint density at radius 2 is 2.11 bits per heavy atom. The van der Waals surface area contributed by atoms with Gasteiger partial charge in [0, 0.05) is 11.4 Å².